The number of aryl methyl sites for hydroxylation is 1. The van der Waals surface area contributed by atoms with Gasteiger partial charge in [-0.2, -0.15) is 11.3 Å². The third-order valence-corrected chi connectivity index (χ3v) is 4.32. The van der Waals surface area contributed by atoms with E-state index in [1.54, 1.807) is 30.9 Å². The summed E-state index contributed by atoms with van der Waals surface area (Å²) in [6, 6.07) is 1.94. The summed E-state index contributed by atoms with van der Waals surface area (Å²) in [6.07, 6.45) is 5.51. The van der Waals surface area contributed by atoms with Crippen LogP contribution in [-0.4, -0.2) is 45.5 Å². The fourth-order valence-electron chi connectivity index (χ4n) is 2.20. The topological polar surface area (TPSA) is 87.4 Å². The summed E-state index contributed by atoms with van der Waals surface area (Å²) in [5.41, 5.74) is -0.0439. The maximum absolute atomic E-state index is 10.5. The van der Waals surface area contributed by atoms with Crippen LogP contribution < -0.4 is 10.6 Å². The van der Waals surface area contributed by atoms with Gasteiger partial charge in [-0.25, -0.2) is 4.99 Å². The molecule has 0 aromatic carbocycles. The van der Waals surface area contributed by atoms with Crippen molar-refractivity contribution in [1.29, 1.82) is 0 Å². The lowest BCUT2D eigenvalue weighted by Crippen LogP contribution is -2.39. The summed E-state index contributed by atoms with van der Waals surface area (Å²) in [6.45, 7) is 6.66. The second-order valence-electron chi connectivity index (χ2n) is 5.81. The molecule has 140 valence electrons. The van der Waals surface area contributed by atoms with E-state index in [1.807, 2.05) is 28.3 Å². The average Bonchev–Trinajstić information content (AvgIpc) is 3.25. The van der Waals surface area contributed by atoms with E-state index < -0.39 is 5.60 Å². The number of hydrogen-bond acceptors (Lipinski definition) is 5. The first-order valence-electron chi connectivity index (χ1n) is 8.21. The predicted molar refractivity (Wildman–Crippen MR) is 113 cm³/mol. The highest BCUT2D eigenvalue weighted by atomic mass is 127. The van der Waals surface area contributed by atoms with Crippen LogP contribution in [0.4, 0.5) is 0 Å². The second-order valence-corrected chi connectivity index (χ2v) is 6.59. The first kappa shape index (κ1) is 21.8. The summed E-state index contributed by atoms with van der Waals surface area (Å²) in [5.74, 6) is 0.734. The molecule has 25 heavy (non-hydrogen) atoms. The summed E-state index contributed by atoms with van der Waals surface area (Å²) < 4.78 is 1.97. The highest BCUT2D eigenvalue weighted by Crippen LogP contribution is 2.23. The van der Waals surface area contributed by atoms with Crippen LogP contribution in [0.3, 0.4) is 0 Å². The zero-order valence-corrected chi connectivity index (χ0v) is 17.8. The van der Waals surface area contributed by atoms with E-state index in [4.69, 9.17) is 0 Å². The van der Waals surface area contributed by atoms with Gasteiger partial charge < -0.3 is 20.3 Å². The molecule has 0 fully saturated rings. The van der Waals surface area contributed by atoms with Crippen LogP contribution in [0.1, 0.15) is 32.3 Å². The molecule has 2 rings (SSSR count). The number of aliphatic hydroxyl groups is 1. The minimum absolute atomic E-state index is 0. The molecule has 2 heterocycles. The number of aliphatic imine (C=N–C) groups is 1. The predicted octanol–water partition coefficient (Wildman–Crippen LogP) is 2.20. The van der Waals surface area contributed by atoms with Crippen molar-refractivity contribution in [2.24, 2.45) is 4.99 Å². The molecular weight excluding hydrogens is 451 g/mol. The van der Waals surface area contributed by atoms with Crippen molar-refractivity contribution in [3.8, 4) is 0 Å². The number of nitrogens with zero attached hydrogens (tertiary/aromatic N) is 4. The van der Waals surface area contributed by atoms with E-state index in [9.17, 15) is 5.11 Å². The molecule has 7 nitrogen and oxygen atoms in total. The molecule has 0 radical (unpaired) electrons. The monoisotopic (exact) mass is 478 g/mol. The van der Waals surface area contributed by atoms with E-state index in [0.717, 1.165) is 44.0 Å². The first-order valence-corrected chi connectivity index (χ1v) is 9.16. The van der Waals surface area contributed by atoms with E-state index >= 15 is 0 Å². The van der Waals surface area contributed by atoms with Gasteiger partial charge in [0.05, 0.1) is 6.54 Å². The molecular formula is C16H27IN6OS. The van der Waals surface area contributed by atoms with Gasteiger partial charge in [0.1, 0.15) is 18.3 Å². The van der Waals surface area contributed by atoms with Gasteiger partial charge in [0.2, 0.25) is 0 Å². The molecule has 0 amide bonds. The molecule has 3 N–H and O–H groups in total. The summed E-state index contributed by atoms with van der Waals surface area (Å²) in [7, 11) is 0. The molecule has 0 aliphatic rings. The van der Waals surface area contributed by atoms with Gasteiger partial charge >= 0.3 is 0 Å². The number of aromatic nitrogens is 3. The lowest BCUT2D eigenvalue weighted by Gasteiger charge is -2.21. The maximum Gasteiger partial charge on any atom is 0.191 e. The van der Waals surface area contributed by atoms with Crippen molar-refractivity contribution in [1.82, 2.24) is 25.4 Å². The van der Waals surface area contributed by atoms with Gasteiger partial charge in [0.15, 0.2) is 5.96 Å². The van der Waals surface area contributed by atoms with Gasteiger partial charge in [0.25, 0.3) is 0 Å². The zero-order chi connectivity index (χ0) is 17.3. The van der Waals surface area contributed by atoms with Crippen molar-refractivity contribution in [2.45, 2.75) is 38.8 Å². The Bertz CT molecular complexity index is 600. The highest BCUT2D eigenvalue weighted by molar-refractivity contribution is 14.0. The fourth-order valence-corrected chi connectivity index (χ4v) is 2.98. The molecule has 1 atom stereocenters. The number of rotatable bonds is 9. The number of nitrogens with one attached hydrogen (secondary N) is 2. The molecule has 0 saturated carbocycles. The van der Waals surface area contributed by atoms with Gasteiger partial charge in [-0.1, -0.05) is 0 Å². The Morgan fingerprint density at radius 1 is 1.32 bits per heavy atom. The normalized spacial score (nSPS) is 13.8. The maximum atomic E-state index is 10.5. The summed E-state index contributed by atoms with van der Waals surface area (Å²) in [5, 5.41) is 28.6. The van der Waals surface area contributed by atoms with E-state index in [-0.39, 0.29) is 24.0 Å². The molecule has 2 aromatic rings. The molecule has 0 bridgehead atoms. The minimum Gasteiger partial charge on any atom is -0.383 e. The number of unbranched alkanes of at least 4 members (excludes halogenated alkanes) is 1. The fraction of sp³-hybridized carbons (Fsp3) is 0.562. The summed E-state index contributed by atoms with van der Waals surface area (Å²) >= 11 is 1.58. The minimum atomic E-state index is -0.948. The lowest BCUT2D eigenvalue weighted by molar-refractivity contribution is 0.0677. The van der Waals surface area contributed by atoms with Crippen molar-refractivity contribution >= 4 is 41.3 Å². The Morgan fingerprint density at radius 2 is 2.08 bits per heavy atom. The zero-order valence-electron chi connectivity index (χ0n) is 14.7. The smallest absolute Gasteiger partial charge is 0.191 e. The molecule has 0 aliphatic heterocycles. The van der Waals surface area contributed by atoms with Crippen LogP contribution in [0.25, 0.3) is 0 Å². The Labute approximate surface area is 170 Å². The quantitative estimate of drug-likeness (QED) is 0.223. The third kappa shape index (κ3) is 7.70. The molecule has 0 spiro atoms. The SMILES string of the molecule is CCNC(=NCC(C)(O)c1ccsc1)NCCCCn1cnnc1.I. The van der Waals surface area contributed by atoms with Gasteiger partial charge in [-0.05, 0) is 49.1 Å². The number of hydrogen-bond donors (Lipinski definition) is 3. The van der Waals surface area contributed by atoms with Crippen LogP contribution >= 0.6 is 35.3 Å². The molecule has 2 aromatic heterocycles. The van der Waals surface area contributed by atoms with Gasteiger partial charge in [-0.15, -0.1) is 34.2 Å². The van der Waals surface area contributed by atoms with Crippen LogP contribution in [0.2, 0.25) is 0 Å². The van der Waals surface area contributed by atoms with Crippen LogP contribution in [0.5, 0.6) is 0 Å². The molecule has 1 unspecified atom stereocenters. The Hall–Kier alpha value is -1.20. The van der Waals surface area contributed by atoms with E-state index in [0.29, 0.717) is 6.54 Å². The Morgan fingerprint density at radius 3 is 2.72 bits per heavy atom. The summed E-state index contributed by atoms with van der Waals surface area (Å²) in [4.78, 5) is 4.51. The number of guanidine groups is 1. The van der Waals surface area contributed by atoms with Crippen molar-refractivity contribution in [3.63, 3.8) is 0 Å². The standard InChI is InChI=1S/C16H26N6OS.HI/c1-3-17-15(18-7-4-5-8-22-12-20-21-13-22)19-11-16(2,23)14-6-9-24-10-14;/h6,9-10,12-13,23H,3-5,7-8,11H2,1-2H3,(H2,17,18,19);1H. The highest BCUT2D eigenvalue weighted by Gasteiger charge is 2.23. The van der Waals surface area contributed by atoms with Crippen LogP contribution in [0.15, 0.2) is 34.5 Å². The van der Waals surface area contributed by atoms with Gasteiger partial charge in [0, 0.05) is 19.6 Å². The first-order chi connectivity index (χ1) is 11.6. The van der Waals surface area contributed by atoms with Crippen molar-refractivity contribution in [3.05, 3.63) is 35.0 Å². The number of halogens is 1. The second kappa shape index (κ2) is 11.4. The van der Waals surface area contributed by atoms with E-state index in [2.05, 4.69) is 25.8 Å². The largest absolute Gasteiger partial charge is 0.383 e. The molecule has 9 heteroatoms. The van der Waals surface area contributed by atoms with E-state index in [1.165, 1.54) is 0 Å². The van der Waals surface area contributed by atoms with Gasteiger partial charge in [-0.3, -0.25) is 0 Å². The third-order valence-electron chi connectivity index (χ3n) is 3.63. The van der Waals surface area contributed by atoms with Crippen molar-refractivity contribution < 1.29 is 5.11 Å². The van der Waals surface area contributed by atoms with Crippen molar-refractivity contribution in [2.75, 3.05) is 19.6 Å². The van der Waals surface area contributed by atoms with Crippen LogP contribution in [0, 0.1) is 0 Å². The Kier molecular flexibility index (Phi) is 9.98. The van der Waals surface area contributed by atoms with Crippen LogP contribution in [-0.2, 0) is 12.1 Å². The average molecular weight is 478 g/mol. The Balaban J connectivity index is 0.00000312. The number of thiophene rings is 1. The lowest BCUT2D eigenvalue weighted by atomic mass is 10.00. The molecule has 0 aliphatic carbocycles. The molecule has 0 saturated heterocycles.